The molecule has 0 aliphatic carbocycles. The predicted octanol–water partition coefficient (Wildman–Crippen LogP) is 4.65. The smallest absolute Gasteiger partial charge is 0.416 e. The third kappa shape index (κ3) is 3.72. The highest BCUT2D eigenvalue weighted by Gasteiger charge is 2.35. The lowest BCUT2D eigenvalue weighted by molar-refractivity contribution is -0.137. The Labute approximate surface area is 143 Å². The SMILES string of the molecule is CC(C)(C)OC(=O)N1CCCC1c1nc2ccc(C(F)(F)F)cc2[nH]1. The van der Waals surface area contributed by atoms with Gasteiger partial charge in [0.05, 0.1) is 22.6 Å². The second kappa shape index (κ2) is 5.93. The molecule has 0 bridgehead atoms. The predicted molar refractivity (Wildman–Crippen MR) is 86.0 cm³/mol. The number of aromatic amines is 1. The van der Waals surface area contributed by atoms with Gasteiger partial charge in [-0.1, -0.05) is 0 Å². The number of alkyl halides is 3. The van der Waals surface area contributed by atoms with Crippen LogP contribution in [-0.4, -0.2) is 33.1 Å². The van der Waals surface area contributed by atoms with Crippen molar-refractivity contribution in [3.8, 4) is 0 Å². The normalized spacial score (nSPS) is 18.8. The molecule has 2 aromatic rings. The summed E-state index contributed by atoms with van der Waals surface area (Å²) in [5.41, 5.74) is -0.592. The Morgan fingerprint density at radius 1 is 1.32 bits per heavy atom. The Hall–Kier alpha value is -2.25. The molecule has 1 aliphatic rings. The van der Waals surface area contributed by atoms with Gasteiger partial charge < -0.3 is 9.72 Å². The third-order valence-electron chi connectivity index (χ3n) is 4.02. The van der Waals surface area contributed by atoms with Crippen LogP contribution < -0.4 is 0 Å². The average Bonchev–Trinajstić information content (AvgIpc) is 3.10. The van der Waals surface area contributed by atoms with E-state index in [0.717, 1.165) is 18.6 Å². The fraction of sp³-hybridized carbons (Fsp3) is 0.529. The average molecular weight is 355 g/mol. The zero-order valence-electron chi connectivity index (χ0n) is 14.3. The Kier molecular flexibility index (Phi) is 4.17. The fourth-order valence-corrected chi connectivity index (χ4v) is 2.95. The van der Waals surface area contributed by atoms with Crippen molar-refractivity contribution in [1.82, 2.24) is 14.9 Å². The van der Waals surface area contributed by atoms with Crippen molar-refractivity contribution in [3.63, 3.8) is 0 Å². The molecular formula is C17H20F3N3O2. The number of nitrogens with one attached hydrogen (secondary N) is 1. The van der Waals surface area contributed by atoms with Crippen LogP contribution in [0.2, 0.25) is 0 Å². The summed E-state index contributed by atoms with van der Waals surface area (Å²) in [6.45, 7) is 5.89. The number of fused-ring (bicyclic) bond motifs is 1. The van der Waals surface area contributed by atoms with Crippen molar-refractivity contribution in [2.24, 2.45) is 0 Å². The maximum Gasteiger partial charge on any atom is 0.416 e. The second-order valence-electron chi connectivity index (χ2n) is 7.18. The minimum absolute atomic E-state index is 0.306. The number of benzene rings is 1. The van der Waals surface area contributed by atoms with E-state index in [0.29, 0.717) is 29.8 Å². The van der Waals surface area contributed by atoms with Crippen LogP contribution in [0, 0.1) is 0 Å². The monoisotopic (exact) mass is 355 g/mol. The molecule has 1 atom stereocenters. The number of hydrogen-bond donors (Lipinski definition) is 1. The van der Waals surface area contributed by atoms with Crippen molar-refractivity contribution in [3.05, 3.63) is 29.6 Å². The fourth-order valence-electron chi connectivity index (χ4n) is 2.95. The van der Waals surface area contributed by atoms with E-state index < -0.39 is 23.4 Å². The van der Waals surface area contributed by atoms with Crippen LogP contribution >= 0.6 is 0 Å². The van der Waals surface area contributed by atoms with Crippen LogP contribution in [0.15, 0.2) is 18.2 Å². The lowest BCUT2D eigenvalue weighted by Crippen LogP contribution is -2.36. The summed E-state index contributed by atoms with van der Waals surface area (Å²) in [7, 11) is 0. The molecule has 3 rings (SSSR count). The minimum Gasteiger partial charge on any atom is -0.444 e. The first-order chi connectivity index (χ1) is 11.5. The maximum atomic E-state index is 12.8. The third-order valence-corrected chi connectivity index (χ3v) is 4.02. The molecule has 1 fully saturated rings. The second-order valence-corrected chi connectivity index (χ2v) is 7.18. The van der Waals surface area contributed by atoms with Gasteiger partial charge in [0, 0.05) is 6.54 Å². The van der Waals surface area contributed by atoms with E-state index in [1.165, 1.54) is 6.07 Å². The van der Waals surface area contributed by atoms with Gasteiger partial charge in [0.15, 0.2) is 0 Å². The summed E-state index contributed by atoms with van der Waals surface area (Å²) >= 11 is 0. The quantitative estimate of drug-likeness (QED) is 0.810. The summed E-state index contributed by atoms with van der Waals surface area (Å²) < 4.78 is 43.9. The molecule has 1 aromatic heterocycles. The maximum absolute atomic E-state index is 12.8. The first-order valence-corrected chi connectivity index (χ1v) is 8.11. The Balaban J connectivity index is 1.88. The number of ether oxygens (including phenoxy) is 1. The zero-order chi connectivity index (χ0) is 18.4. The number of nitrogens with zero attached hydrogens (tertiary/aromatic N) is 2. The molecule has 8 heteroatoms. The largest absolute Gasteiger partial charge is 0.444 e. The summed E-state index contributed by atoms with van der Waals surface area (Å²) in [5.74, 6) is 0.484. The molecule has 1 aliphatic heterocycles. The molecule has 0 spiro atoms. The van der Waals surface area contributed by atoms with Crippen molar-refractivity contribution in [2.75, 3.05) is 6.54 Å². The van der Waals surface area contributed by atoms with Crippen LogP contribution in [0.4, 0.5) is 18.0 Å². The van der Waals surface area contributed by atoms with Crippen LogP contribution in [0.25, 0.3) is 11.0 Å². The van der Waals surface area contributed by atoms with Crippen molar-refractivity contribution in [2.45, 2.75) is 51.4 Å². The molecule has 2 heterocycles. The molecule has 1 N–H and O–H groups in total. The minimum atomic E-state index is -4.41. The van der Waals surface area contributed by atoms with Crippen LogP contribution in [0.5, 0.6) is 0 Å². The van der Waals surface area contributed by atoms with Crippen molar-refractivity contribution in [1.29, 1.82) is 0 Å². The number of aromatic nitrogens is 2. The van der Waals surface area contributed by atoms with Gasteiger partial charge in [-0.2, -0.15) is 13.2 Å². The number of rotatable bonds is 1. The van der Waals surface area contributed by atoms with Gasteiger partial charge in [-0.3, -0.25) is 4.90 Å². The molecule has 0 radical (unpaired) electrons. The molecule has 0 saturated carbocycles. The Bertz CT molecular complexity index is 793. The van der Waals surface area contributed by atoms with Crippen molar-refractivity contribution >= 4 is 17.1 Å². The van der Waals surface area contributed by atoms with E-state index in [1.54, 1.807) is 25.7 Å². The summed E-state index contributed by atoms with van der Waals surface area (Å²) in [5, 5.41) is 0. The van der Waals surface area contributed by atoms with Crippen LogP contribution in [0.1, 0.15) is 51.0 Å². The molecule has 136 valence electrons. The molecular weight excluding hydrogens is 335 g/mol. The number of likely N-dealkylation sites (tertiary alicyclic amines) is 1. The van der Waals surface area contributed by atoms with Crippen molar-refractivity contribution < 1.29 is 22.7 Å². The molecule has 1 saturated heterocycles. The molecule has 1 amide bonds. The molecule has 1 aromatic carbocycles. The number of amides is 1. The number of hydrogen-bond acceptors (Lipinski definition) is 3. The van der Waals surface area contributed by atoms with E-state index in [4.69, 9.17) is 4.74 Å². The van der Waals surface area contributed by atoms with E-state index in [2.05, 4.69) is 9.97 Å². The van der Waals surface area contributed by atoms with Crippen LogP contribution in [-0.2, 0) is 10.9 Å². The highest BCUT2D eigenvalue weighted by atomic mass is 19.4. The lowest BCUT2D eigenvalue weighted by atomic mass is 10.2. The summed E-state index contributed by atoms with van der Waals surface area (Å²) in [4.78, 5) is 21.2. The highest BCUT2D eigenvalue weighted by molar-refractivity contribution is 5.76. The van der Waals surface area contributed by atoms with Gasteiger partial charge in [-0.25, -0.2) is 9.78 Å². The number of H-pyrrole nitrogens is 1. The topological polar surface area (TPSA) is 58.2 Å². The van der Waals surface area contributed by atoms with Gasteiger partial charge in [-0.05, 0) is 51.8 Å². The number of imidazole rings is 1. The van der Waals surface area contributed by atoms with Crippen LogP contribution in [0.3, 0.4) is 0 Å². The highest BCUT2D eigenvalue weighted by Crippen LogP contribution is 2.34. The first kappa shape index (κ1) is 17.6. The van der Waals surface area contributed by atoms with Gasteiger partial charge in [-0.15, -0.1) is 0 Å². The van der Waals surface area contributed by atoms with E-state index in [-0.39, 0.29) is 6.04 Å². The Morgan fingerprint density at radius 2 is 2.04 bits per heavy atom. The molecule has 1 unspecified atom stereocenters. The zero-order valence-corrected chi connectivity index (χ0v) is 14.3. The Morgan fingerprint density at radius 3 is 2.68 bits per heavy atom. The van der Waals surface area contributed by atoms with Gasteiger partial charge >= 0.3 is 12.3 Å². The van der Waals surface area contributed by atoms with Gasteiger partial charge in [0.25, 0.3) is 0 Å². The molecule has 5 nitrogen and oxygen atoms in total. The van der Waals surface area contributed by atoms with E-state index in [9.17, 15) is 18.0 Å². The molecule has 25 heavy (non-hydrogen) atoms. The summed E-state index contributed by atoms with van der Waals surface area (Å²) in [6, 6.07) is 3.06. The number of halogens is 3. The lowest BCUT2D eigenvalue weighted by Gasteiger charge is -2.27. The number of carbonyl (C=O) groups excluding carboxylic acids is 1. The standard InChI is InChI=1S/C17H20F3N3O2/c1-16(2,3)25-15(24)23-8-4-5-13(23)14-21-11-7-6-10(17(18,19)20)9-12(11)22-14/h6-7,9,13H,4-5,8H2,1-3H3,(H,21,22). The number of carbonyl (C=O) groups is 1. The summed E-state index contributed by atoms with van der Waals surface area (Å²) in [6.07, 6.45) is -3.37. The van der Waals surface area contributed by atoms with Gasteiger partial charge in [0.2, 0.25) is 0 Å². The van der Waals surface area contributed by atoms with Gasteiger partial charge in [0.1, 0.15) is 11.4 Å². The first-order valence-electron chi connectivity index (χ1n) is 8.11. The van der Waals surface area contributed by atoms with E-state index in [1.807, 2.05) is 0 Å². The van der Waals surface area contributed by atoms with E-state index >= 15 is 0 Å².